The number of nitro groups is 1. The minimum atomic E-state index is -0.609. The number of rotatable bonds is 3. The topological polar surface area (TPSA) is 72.7 Å². The molecule has 0 aromatic heterocycles. The van der Waals surface area contributed by atoms with Gasteiger partial charge in [-0.1, -0.05) is 17.7 Å². The number of morpholine rings is 1. The Balaban J connectivity index is 2.34. The Morgan fingerprint density at radius 3 is 2.86 bits per heavy atom. The van der Waals surface area contributed by atoms with E-state index in [0.29, 0.717) is 6.54 Å². The lowest BCUT2D eigenvalue weighted by molar-refractivity contribution is -0.385. The van der Waals surface area contributed by atoms with Gasteiger partial charge in [-0.25, -0.2) is 0 Å². The first-order chi connectivity index (χ1) is 9.93. The number of carbonyl (C=O) groups is 1. The molecule has 114 valence electrons. The molecule has 0 saturated carbocycles. The third kappa shape index (κ3) is 3.45. The number of nitro benzene ring substituents is 1. The fourth-order valence-corrected chi connectivity index (χ4v) is 2.75. The zero-order valence-electron chi connectivity index (χ0n) is 11.3. The van der Waals surface area contributed by atoms with Crippen LogP contribution in [0.25, 0.3) is 0 Å². The Kier molecular flexibility index (Phi) is 5.03. The van der Waals surface area contributed by atoms with Gasteiger partial charge in [0.25, 0.3) is 11.6 Å². The number of amides is 1. The summed E-state index contributed by atoms with van der Waals surface area (Å²) in [5.74, 6) is -0.226. The molecule has 1 aromatic rings. The van der Waals surface area contributed by atoms with E-state index in [1.54, 1.807) is 0 Å². The predicted molar refractivity (Wildman–Crippen MR) is 79.1 cm³/mol. The lowest BCUT2D eigenvalue weighted by Gasteiger charge is -2.36. The van der Waals surface area contributed by atoms with Gasteiger partial charge in [-0.3, -0.25) is 14.9 Å². The second kappa shape index (κ2) is 6.60. The molecule has 21 heavy (non-hydrogen) atoms. The van der Waals surface area contributed by atoms with Crippen molar-refractivity contribution in [2.75, 3.05) is 19.0 Å². The van der Waals surface area contributed by atoms with Gasteiger partial charge in [0.1, 0.15) is 5.56 Å². The van der Waals surface area contributed by atoms with Crippen molar-refractivity contribution in [1.29, 1.82) is 0 Å². The van der Waals surface area contributed by atoms with Crippen molar-refractivity contribution in [2.45, 2.75) is 19.1 Å². The number of alkyl halides is 1. The molecule has 0 spiro atoms. The smallest absolute Gasteiger partial charge is 0.283 e. The third-order valence-electron chi connectivity index (χ3n) is 3.19. The van der Waals surface area contributed by atoms with Gasteiger partial charge in [0, 0.05) is 19.2 Å². The molecular weight excluding hydrogens is 319 g/mol. The van der Waals surface area contributed by atoms with Gasteiger partial charge in [-0.2, -0.15) is 0 Å². The van der Waals surface area contributed by atoms with Crippen molar-refractivity contribution in [3.8, 4) is 0 Å². The summed E-state index contributed by atoms with van der Waals surface area (Å²) in [4.78, 5) is 24.6. The van der Waals surface area contributed by atoms with Gasteiger partial charge in [0.2, 0.25) is 0 Å². The highest BCUT2D eigenvalue weighted by Crippen LogP contribution is 2.28. The molecule has 2 atom stereocenters. The summed E-state index contributed by atoms with van der Waals surface area (Å²) in [7, 11) is 0. The number of carbonyl (C=O) groups excluding carboxylic acids is 1. The van der Waals surface area contributed by atoms with Crippen LogP contribution in [0.1, 0.15) is 17.3 Å². The van der Waals surface area contributed by atoms with E-state index in [1.807, 2.05) is 6.92 Å². The van der Waals surface area contributed by atoms with E-state index in [1.165, 1.54) is 23.1 Å². The number of hydrogen-bond donors (Lipinski definition) is 0. The Morgan fingerprint density at radius 1 is 1.52 bits per heavy atom. The van der Waals surface area contributed by atoms with Crippen LogP contribution in [-0.2, 0) is 4.74 Å². The van der Waals surface area contributed by atoms with Crippen molar-refractivity contribution in [3.05, 3.63) is 38.9 Å². The molecule has 2 unspecified atom stereocenters. The molecule has 8 heteroatoms. The minimum absolute atomic E-state index is 0.0655. The first kappa shape index (κ1) is 16.0. The average Bonchev–Trinajstić information content (AvgIpc) is 2.45. The lowest BCUT2D eigenvalue weighted by atomic mass is 10.1. The summed E-state index contributed by atoms with van der Waals surface area (Å²) in [5.41, 5.74) is -0.388. The maximum absolute atomic E-state index is 12.6. The van der Waals surface area contributed by atoms with Crippen molar-refractivity contribution in [3.63, 3.8) is 0 Å². The van der Waals surface area contributed by atoms with Crippen LogP contribution in [0.4, 0.5) is 5.69 Å². The fourth-order valence-electron chi connectivity index (χ4n) is 2.33. The zero-order valence-corrected chi connectivity index (χ0v) is 12.8. The molecule has 6 nitrogen and oxygen atoms in total. The Hall–Kier alpha value is -1.37. The Bertz CT molecular complexity index is 567. The monoisotopic (exact) mass is 332 g/mol. The van der Waals surface area contributed by atoms with Crippen molar-refractivity contribution in [1.82, 2.24) is 4.90 Å². The van der Waals surface area contributed by atoms with E-state index in [4.69, 9.17) is 27.9 Å². The predicted octanol–water partition coefficient (Wildman–Crippen LogP) is 2.72. The molecule has 1 aliphatic heterocycles. The molecule has 1 amide bonds. The normalized spacial score (nSPS) is 22.1. The number of nitrogens with zero attached hydrogens (tertiary/aromatic N) is 2. The Labute approximate surface area is 131 Å². The number of hydrogen-bond acceptors (Lipinski definition) is 4. The lowest BCUT2D eigenvalue weighted by Crippen LogP contribution is -2.49. The Morgan fingerprint density at radius 2 is 2.24 bits per heavy atom. The summed E-state index contributed by atoms with van der Waals surface area (Å²) in [6.07, 6.45) is -0.478. The molecule has 1 fully saturated rings. The molecule has 1 aromatic carbocycles. The highest BCUT2D eigenvalue weighted by atomic mass is 35.5. The van der Waals surface area contributed by atoms with E-state index in [2.05, 4.69) is 0 Å². The van der Waals surface area contributed by atoms with Crippen LogP contribution in [0.15, 0.2) is 18.2 Å². The van der Waals surface area contributed by atoms with Crippen molar-refractivity contribution < 1.29 is 14.5 Å². The van der Waals surface area contributed by atoms with Gasteiger partial charge in [-0.05, 0) is 13.0 Å². The maximum Gasteiger partial charge on any atom is 0.283 e. The van der Waals surface area contributed by atoms with E-state index in [0.717, 1.165) is 0 Å². The van der Waals surface area contributed by atoms with E-state index >= 15 is 0 Å². The van der Waals surface area contributed by atoms with Crippen LogP contribution >= 0.6 is 23.2 Å². The van der Waals surface area contributed by atoms with Crippen LogP contribution in [0.5, 0.6) is 0 Å². The molecule has 1 heterocycles. The fraction of sp³-hybridized carbons (Fsp3) is 0.462. The standard InChI is InChI=1S/C13H14Cl2N2O4/c1-8-6-16(7-9(5-14)21-8)13(18)12-10(15)3-2-4-11(12)17(19)20/h2-4,8-9H,5-7H2,1H3. The van der Waals surface area contributed by atoms with Crippen LogP contribution in [0.2, 0.25) is 5.02 Å². The van der Waals surface area contributed by atoms with Gasteiger partial charge in [-0.15, -0.1) is 11.6 Å². The summed E-state index contributed by atoms with van der Waals surface area (Å²) in [6, 6.07) is 4.17. The molecular formula is C13H14Cl2N2O4. The van der Waals surface area contributed by atoms with Gasteiger partial charge in [0.15, 0.2) is 0 Å². The molecule has 1 aliphatic rings. The quantitative estimate of drug-likeness (QED) is 0.484. The number of ether oxygens (including phenoxy) is 1. The van der Waals surface area contributed by atoms with Gasteiger partial charge in [0.05, 0.1) is 28.0 Å². The molecule has 2 rings (SSSR count). The van der Waals surface area contributed by atoms with E-state index in [-0.39, 0.29) is 40.9 Å². The molecule has 0 radical (unpaired) electrons. The van der Waals surface area contributed by atoms with Crippen molar-refractivity contribution in [2.24, 2.45) is 0 Å². The number of halogens is 2. The van der Waals surface area contributed by atoms with E-state index in [9.17, 15) is 14.9 Å². The summed E-state index contributed by atoms with van der Waals surface area (Å²) in [6.45, 7) is 2.45. The second-order valence-electron chi connectivity index (χ2n) is 4.82. The van der Waals surface area contributed by atoms with E-state index < -0.39 is 10.8 Å². The highest BCUT2D eigenvalue weighted by Gasteiger charge is 2.33. The van der Waals surface area contributed by atoms with Gasteiger partial charge < -0.3 is 9.64 Å². The largest absolute Gasteiger partial charge is 0.370 e. The van der Waals surface area contributed by atoms with Crippen LogP contribution in [0.3, 0.4) is 0 Å². The third-order valence-corrected chi connectivity index (χ3v) is 3.85. The summed E-state index contributed by atoms with van der Waals surface area (Å²) < 4.78 is 5.57. The van der Waals surface area contributed by atoms with Crippen LogP contribution in [0, 0.1) is 10.1 Å². The first-order valence-electron chi connectivity index (χ1n) is 6.37. The maximum atomic E-state index is 12.6. The SMILES string of the molecule is CC1CN(C(=O)c2c(Cl)cccc2[N+](=O)[O-])CC(CCl)O1. The van der Waals surface area contributed by atoms with Crippen molar-refractivity contribution >= 4 is 34.8 Å². The number of benzene rings is 1. The van der Waals surface area contributed by atoms with Crippen LogP contribution in [-0.4, -0.2) is 46.9 Å². The molecule has 0 bridgehead atoms. The minimum Gasteiger partial charge on any atom is -0.370 e. The summed E-state index contributed by atoms with van der Waals surface area (Å²) >= 11 is 11.8. The zero-order chi connectivity index (χ0) is 15.6. The second-order valence-corrected chi connectivity index (χ2v) is 5.54. The highest BCUT2D eigenvalue weighted by molar-refractivity contribution is 6.34. The summed E-state index contributed by atoms with van der Waals surface area (Å²) in [5, 5.41) is 11.1. The molecule has 0 N–H and O–H groups in total. The average molecular weight is 333 g/mol. The first-order valence-corrected chi connectivity index (χ1v) is 7.29. The van der Waals surface area contributed by atoms with Crippen LogP contribution < -0.4 is 0 Å². The molecule has 1 saturated heterocycles. The van der Waals surface area contributed by atoms with Gasteiger partial charge >= 0.3 is 0 Å². The molecule has 0 aliphatic carbocycles.